The van der Waals surface area contributed by atoms with E-state index in [1.54, 1.807) is 6.20 Å². The van der Waals surface area contributed by atoms with Crippen LogP contribution >= 0.6 is 0 Å². The van der Waals surface area contributed by atoms with Crippen molar-refractivity contribution in [3.05, 3.63) is 36.5 Å². The van der Waals surface area contributed by atoms with Crippen LogP contribution in [-0.4, -0.2) is 41.8 Å². The van der Waals surface area contributed by atoms with Crippen molar-refractivity contribution in [3.8, 4) is 11.3 Å². The van der Waals surface area contributed by atoms with Crippen molar-refractivity contribution in [1.82, 2.24) is 15.1 Å². The zero-order chi connectivity index (χ0) is 13.8. The van der Waals surface area contributed by atoms with Crippen molar-refractivity contribution < 1.29 is 0 Å². The highest BCUT2D eigenvalue weighted by molar-refractivity contribution is 5.62. The fourth-order valence-electron chi connectivity index (χ4n) is 2.71. The Bertz CT molecular complexity index is 510. The van der Waals surface area contributed by atoms with Crippen LogP contribution in [0.3, 0.4) is 0 Å². The van der Waals surface area contributed by atoms with Crippen LogP contribution < -0.4 is 5.32 Å². The van der Waals surface area contributed by atoms with E-state index < -0.39 is 0 Å². The third-order valence-corrected chi connectivity index (χ3v) is 4.13. The van der Waals surface area contributed by atoms with Gasteiger partial charge in [0, 0.05) is 18.4 Å². The van der Waals surface area contributed by atoms with E-state index in [4.69, 9.17) is 0 Å². The van der Waals surface area contributed by atoms with Crippen molar-refractivity contribution in [2.45, 2.75) is 12.8 Å². The van der Waals surface area contributed by atoms with Crippen LogP contribution in [0, 0.1) is 5.92 Å². The Morgan fingerprint density at radius 1 is 1.20 bits per heavy atom. The van der Waals surface area contributed by atoms with Crippen molar-refractivity contribution in [1.29, 1.82) is 0 Å². The van der Waals surface area contributed by atoms with Crippen LogP contribution in [0.15, 0.2) is 36.5 Å². The molecule has 1 aromatic carbocycles. The van der Waals surface area contributed by atoms with Crippen LogP contribution in [-0.2, 0) is 0 Å². The van der Waals surface area contributed by atoms with Gasteiger partial charge in [-0.2, -0.15) is 5.10 Å². The van der Waals surface area contributed by atoms with Gasteiger partial charge in [0.05, 0.1) is 5.69 Å². The van der Waals surface area contributed by atoms with E-state index >= 15 is 0 Å². The number of benzene rings is 1. The summed E-state index contributed by atoms with van der Waals surface area (Å²) in [6.45, 7) is 3.54. The molecule has 2 heterocycles. The number of H-pyrrole nitrogens is 1. The van der Waals surface area contributed by atoms with Gasteiger partial charge < -0.3 is 10.2 Å². The quantitative estimate of drug-likeness (QED) is 0.898. The summed E-state index contributed by atoms with van der Waals surface area (Å²) < 4.78 is 0. The smallest absolute Gasteiger partial charge is 0.0650 e. The molecule has 0 saturated carbocycles. The van der Waals surface area contributed by atoms with Crippen LogP contribution in [0.2, 0.25) is 0 Å². The van der Waals surface area contributed by atoms with Crippen molar-refractivity contribution >= 4 is 5.69 Å². The van der Waals surface area contributed by atoms with E-state index in [1.165, 1.54) is 37.2 Å². The van der Waals surface area contributed by atoms with Crippen LogP contribution in [0.25, 0.3) is 11.3 Å². The molecule has 0 spiro atoms. The van der Waals surface area contributed by atoms with Crippen LogP contribution in [0.4, 0.5) is 5.69 Å². The van der Waals surface area contributed by atoms with Gasteiger partial charge in [0.15, 0.2) is 0 Å². The molecule has 3 rings (SSSR count). The van der Waals surface area contributed by atoms with E-state index in [-0.39, 0.29) is 0 Å². The topological polar surface area (TPSA) is 44.0 Å². The Morgan fingerprint density at radius 2 is 1.95 bits per heavy atom. The Morgan fingerprint density at radius 3 is 2.60 bits per heavy atom. The molecule has 20 heavy (non-hydrogen) atoms. The molecule has 1 aromatic heterocycles. The zero-order valence-electron chi connectivity index (χ0n) is 12.0. The number of nitrogens with one attached hydrogen (secondary N) is 2. The molecule has 0 unspecified atom stereocenters. The Labute approximate surface area is 120 Å². The number of piperidine rings is 1. The second-order valence-electron chi connectivity index (χ2n) is 5.68. The van der Waals surface area contributed by atoms with E-state index in [0.717, 1.165) is 18.2 Å². The lowest BCUT2D eigenvalue weighted by Gasteiger charge is -2.29. The number of likely N-dealkylation sites (tertiary alicyclic amines) is 1. The summed E-state index contributed by atoms with van der Waals surface area (Å²) in [5.41, 5.74) is 3.44. The highest BCUT2D eigenvalue weighted by atomic mass is 15.1. The first-order valence-electron chi connectivity index (χ1n) is 7.33. The van der Waals surface area contributed by atoms with Crippen LogP contribution in [0.5, 0.6) is 0 Å². The van der Waals surface area contributed by atoms with E-state index in [2.05, 4.69) is 51.7 Å². The van der Waals surface area contributed by atoms with Gasteiger partial charge in [0.25, 0.3) is 0 Å². The van der Waals surface area contributed by atoms with E-state index in [9.17, 15) is 0 Å². The normalized spacial score (nSPS) is 17.2. The number of aromatic nitrogens is 2. The summed E-state index contributed by atoms with van der Waals surface area (Å²) in [5, 5.41) is 10.5. The molecule has 0 aliphatic carbocycles. The maximum atomic E-state index is 3.98. The molecule has 2 aromatic rings. The molecule has 1 fully saturated rings. The Kier molecular flexibility index (Phi) is 4.02. The largest absolute Gasteiger partial charge is 0.385 e. The van der Waals surface area contributed by atoms with Gasteiger partial charge in [0.1, 0.15) is 0 Å². The molecule has 106 valence electrons. The highest BCUT2D eigenvalue weighted by Crippen LogP contribution is 2.20. The molecular formula is C16H22N4. The lowest BCUT2D eigenvalue weighted by atomic mass is 9.97. The number of nitrogens with zero attached hydrogens (tertiary/aromatic N) is 2. The maximum absolute atomic E-state index is 3.98. The van der Waals surface area contributed by atoms with Crippen LogP contribution in [0.1, 0.15) is 12.8 Å². The molecule has 1 aliphatic rings. The van der Waals surface area contributed by atoms with Crippen molar-refractivity contribution in [3.63, 3.8) is 0 Å². The third kappa shape index (κ3) is 3.20. The summed E-state index contributed by atoms with van der Waals surface area (Å²) >= 11 is 0. The van der Waals surface area contributed by atoms with Gasteiger partial charge in [-0.25, -0.2) is 0 Å². The number of hydrogen-bond acceptors (Lipinski definition) is 3. The summed E-state index contributed by atoms with van der Waals surface area (Å²) in [5.74, 6) is 0.804. The number of aromatic amines is 1. The van der Waals surface area contributed by atoms with E-state index in [0.29, 0.717) is 0 Å². The number of rotatable bonds is 4. The van der Waals surface area contributed by atoms with Crippen molar-refractivity contribution in [2.24, 2.45) is 5.92 Å². The second kappa shape index (κ2) is 6.09. The lowest BCUT2D eigenvalue weighted by molar-refractivity contribution is 0.226. The molecular weight excluding hydrogens is 248 g/mol. The van der Waals surface area contributed by atoms with Gasteiger partial charge in [0.2, 0.25) is 0 Å². The average molecular weight is 270 g/mol. The van der Waals surface area contributed by atoms with Gasteiger partial charge in [-0.3, -0.25) is 5.10 Å². The first kappa shape index (κ1) is 13.2. The molecule has 4 heteroatoms. The molecule has 1 saturated heterocycles. The lowest BCUT2D eigenvalue weighted by Crippen LogP contribution is -2.32. The summed E-state index contributed by atoms with van der Waals surface area (Å²) in [6.07, 6.45) is 4.38. The Balaban J connectivity index is 1.53. The predicted molar refractivity (Wildman–Crippen MR) is 82.7 cm³/mol. The summed E-state index contributed by atoms with van der Waals surface area (Å²) in [7, 11) is 2.21. The molecule has 0 amide bonds. The van der Waals surface area contributed by atoms with Gasteiger partial charge in [-0.1, -0.05) is 12.1 Å². The third-order valence-electron chi connectivity index (χ3n) is 4.13. The first-order chi connectivity index (χ1) is 9.81. The average Bonchev–Trinajstić information content (AvgIpc) is 3.01. The Hall–Kier alpha value is -1.81. The summed E-state index contributed by atoms with van der Waals surface area (Å²) in [4.78, 5) is 2.41. The molecule has 1 aliphatic heterocycles. The van der Waals surface area contributed by atoms with Gasteiger partial charge in [-0.05, 0) is 62.7 Å². The number of hydrogen-bond donors (Lipinski definition) is 2. The minimum absolute atomic E-state index is 0.804. The SMILES string of the molecule is CN1CCC(CNc2ccc(-c3ccn[nH]3)cc2)CC1. The standard InChI is InChI=1S/C16H22N4/c1-20-10-7-13(8-11-20)12-17-15-4-2-14(3-5-15)16-6-9-18-19-16/h2-6,9,13,17H,7-8,10-12H2,1H3,(H,18,19). The van der Waals surface area contributed by atoms with E-state index in [1.807, 2.05) is 6.07 Å². The molecule has 0 radical (unpaired) electrons. The summed E-state index contributed by atoms with van der Waals surface area (Å²) in [6, 6.07) is 10.5. The molecule has 2 N–H and O–H groups in total. The second-order valence-corrected chi connectivity index (χ2v) is 5.68. The van der Waals surface area contributed by atoms with Gasteiger partial charge >= 0.3 is 0 Å². The minimum atomic E-state index is 0.804. The molecule has 0 bridgehead atoms. The maximum Gasteiger partial charge on any atom is 0.0650 e. The first-order valence-corrected chi connectivity index (χ1v) is 7.33. The zero-order valence-corrected chi connectivity index (χ0v) is 12.0. The predicted octanol–water partition coefficient (Wildman–Crippen LogP) is 2.83. The molecule has 0 atom stereocenters. The monoisotopic (exact) mass is 270 g/mol. The fourth-order valence-corrected chi connectivity index (χ4v) is 2.71. The molecule has 4 nitrogen and oxygen atoms in total. The van der Waals surface area contributed by atoms with Gasteiger partial charge in [-0.15, -0.1) is 0 Å². The number of anilines is 1. The minimum Gasteiger partial charge on any atom is -0.385 e. The van der Waals surface area contributed by atoms with Crippen molar-refractivity contribution in [2.75, 3.05) is 32.0 Å². The fraction of sp³-hybridized carbons (Fsp3) is 0.438. The highest BCUT2D eigenvalue weighted by Gasteiger charge is 2.16.